The summed E-state index contributed by atoms with van der Waals surface area (Å²) in [6, 6.07) is -0.101. The molecule has 3 heteroatoms. The number of hydrogen-bond donors (Lipinski definition) is 0. The van der Waals surface area contributed by atoms with E-state index in [1.54, 1.807) is 0 Å². The van der Waals surface area contributed by atoms with E-state index in [0.29, 0.717) is 13.2 Å². The predicted molar refractivity (Wildman–Crippen MR) is 50.1 cm³/mol. The van der Waals surface area contributed by atoms with Crippen LogP contribution in [0.25, 0.3) is 0 Å². The van der Waals surface area contributed by atoms with Gasteiger partial charge >= 0.3 is 5.97 Å². The first kappa shape index (κ1) is 10.1. The molecule has 0 spiro atoms. The molecule has 72 valence electrons. The molecule has 1 atom stereocenters. The van der Waals surface area contributed by atoms with Gasteiger partial charge in [-0.2, -0.15) is 0 Å². The summed E-state index contributed by atoms with van der Waals surface area (Å²) in [4.78, 5) is 13.4. The number of nitrogens with zero attached hydrogens (tertiary/aromatic N) is 1. The van der Waals surface area contributed by atoms with Crippen molar-refractivity contribution < 1.29 is 9.53 Å². The summed E-state index contributed by atoms with van der Waals surface area (Å²) >= 11 is 0. The molecule has 0 radical (unpaired) electrons. The number of carbonyl (C=O) groups excluding carboxylic acids is 1. The highest BCUT2D eigenvalue weighted by atomic mass is 16.5. The molecule has 0 amide bonds. The lowest BCUT2D eigenvalue weighted by Crippen LogP contribution is -2.37. The number of hydrogen-bond acceptors (Lipinski definition) is 3. The first-order valence-corrected chi connectivity index (χ1v) is 4.63. The molecule has 1 fully saturated rings. The molecule has 1 saturated heterocycles. The Morgan fingerprint density at radius 1 is 1.77 bits per heavy atom. The second kappa shape index (κ2) is 4.88. The molecule has 13 heavy (non-hydrogen) atoms. The van der Waals surface area contributed by atoms with E-state index in [4.69, 9.17) is 11.2 Å². The molecule has 1 aliphatic rings. The molecule has 1 unspecified atom stereocenters. The summed E-state index contributed by atoms with van der Waals surface area (Å²) in [6.07, 6.45) is 7.11. The van der Waals surface area contributed by atoms with E-state index in [9.17, 15) is 4.79 Å². The van der Waals surface area contributed by atoms with Crippen LogP contribution in [0.15, 0.2) is 0 Å². The molecular formula is C10H15NO2. The van der Waals surface area contributed by atoms with Crippen LogP contribution in [0.4, 0.5) is 0 Å². The summed E-state index contributed by atoms with van der Waals surface area (Å²) in [5, 5.41) is 0. The second-order valence-electron chi connectivity index (χ2n) is 3.08. The molecule has 0 bridgehead atoms. The van der Waals surface area contributed by atoms with Crippen LogP contribution in [-0.4, -0.2) is 36.6 Å². The summed E-state index contributed by atoms with van der Waals surface area (Å²) in [6.45, 7) is 3.72. The quantitative estimate of drug-likeness (QED) is 0.473. The monoisotopic (exact) mass is 181 g/mol. The number of carbonyl (C=O) groups is 1. The normalized spacial score (nSPS) is 22.6. The Morgan fingerprint density at radius 2 is 2.54 bits per heavy atom. The van der Waals surface area contributed by atoms with Crippen LogP contribution in [0.5, 0.6) is 0 Å². The maximum Gasteiger partial charge on any atom is 0.323 e. The van der Waals surface area contributed by atoms with Gasteiger partial charge in [0.25, 0.3) is 0 Å². The summed E-state index contributed by atoms with van der Waals surface area (Å²) in [5.74, 6) is 2.43. The van der Waals surface area contributed by atoms with Crippen LogP contribution in [0.3, 0.4) is 0 Å². The topological polar surface area (TPSA) is 29.5 Å². The third-order valence-corrected chi connectivity index (χ3v) is 2.22. The van der Waals surface area contributed by atoms with Crippen LogP contribution in [0.1, 0.15) is 19.8 Å². The lowest BCUT2D eigenvalue weighted by atomic mass is 10.2. The molecule has 0 aromatic carbocycles. The molecule has 3 nitrogen and oxygen atoms in total. The van der Waals surface area contributed by atoms with Gasteiger partial charge in [-0.1, -0.05) is 5.92 Å². The Kier molecular flexibility index (Phi) is 3.78. The zero-order valence-electron chi connectivity index (χ0n) is 7.95. The maximum absolute atomic E-state index is 11.4. The molecule has 0 aromatic rings. The van der Waals surface area contributed by atoms with E-state index in [-0.39, 0.29) is 12.0 Å². The van der Waals surface area contributed by atoms with Gasteiger partial charge in [0.05, 0.1) is 13.2 Å². The molecule has 0 aromatic heterocycles. The van der Waals surface area contributed by atoms with Gasteiger partial charge in [0.15, 0.2) is 0 Å². The van der Waals surface area contributed by atoms with E-state index in [1.165, 1.54) is 0 Å². The van der Waals surface area contributed by atoms with E-state index in [1.807, 2.05) is 11.8 Å². The second-order valence-corrected chi connectivity index (χ2v) is 3.08. The van der Waals surface area contributed by atoms with E-state index < -0.39 is 0 Å². The van der Waals surface area contributed by atoms with E-state index in [2.05, 4.69) is 5.92 Å². The van der Waals surface area contributed by atoms with Crippen LogP contribution >= 0.6 is 0 Å². The van der Waals surface area contributed by atoms with Gasteiger partial charge in [0.2, 0.25) is 0 Å². The van der Waals surface area contributed by atoms with Crippen molar-refractivity contribution in [1.82, 2.24) is 4.90 Å². The zero-order chi connectivity index (χ0) is 9.68. The van der Waals surface area contributed by atoms with Crippen LogP contribution in [0, 0.1) is 12.3 Å². The fourth-order valence-corrected chi connectivity index (χ4v) is 1.64. The largest absolute Gasteiger partial charge is 0.465 e. The van der Waals surface area contributed by atoms with Crippen LogP contribution in [-0.2, 0) is 9.53 Å². The van der Waals surface area contributed by atoms with Gasteiger partial charge in [0, 0.05) is 6.54 Å². The van der Waals surface area contributed by atoms with Crippen molar-refractivity contribution in [1.29, 1.82) is 0 Å². The predicted octanol–water partition coefficient (Wildman–Crippen LogP) is 0.647. The van der Waals surface area contributed by atoms with Gasteiger partial charge in [-0.25, -0.2) is 0 Å². The average Bonchev–Trinajstić information content (AvgIpc) is 2.54. The standard InChI is InChI=1S/C10H15NO2/c1-3-7-11-8-5-6-9(11)10(12)13-4-2/h1,9H,4-8H2,2H3. The van der Waals surface area contributed by atoms with Crippen molar-refractivity contribution in [2.75, 3.05) is 19.7 Å². The number of likely N-dealkylation sites (tertiary alicyclic amines) is 1. The lowest BCUT2D eigenvalue weighted by Gasteiger charge is -2.19. The fourth-order valence-electron chi connectivity index (χ4n) is 1.64. The minimum atomic E-state index is -0.129. The Bertz CT molecular complexity index is 219. The average molecular weight is 181 g/mol. The highest BCUT2D eigenvalue weighted by molar-refractivity contribution is 5.76. The van der Waals surface area contributed by atoms with Crippen molar-refractivity contribution in [3.63, 3.8) is 0 Å². The van der Waals surface area contributed by atoms with Gasteiger partial charge in [0.1, 0.15) is 6.04 Å². The smallest absolute Gasteiger partial charge is 0.323 e. The van der Waals surface area contributed by atoms with Crippen molar-refractivity contribution in [2.24, 2.45) is 0 Å². The van der Waals surface area contributed by atoms with Crippen molar-refractivity contribution >= 4 is 5.97 Å². The van der Waals surface area contributed by atoms with Crippen LogP contribution in [0.2, 0.25) is 0 Å². The van der Waals surface area contributed by atoms with Gasteiger partial charge in [-0.15, -0.1) is 6.42 Å². The van der Waals surface area contributed by atoms with Crippen molar-refractivity contribution in [2.45, 2.75) is 25.8 Å². The van der Waals surface area contributed by atoms with Crippen molar-refractivity contribution in [3.8, 4) is 12.3 Å². The van der Waals surface area contributed by atoms with Crippen molar-refractivity contribution in [3.05, 3.63) is 0 Å². The molecule has 1 heterocycles. The maximum atomic E-state index is 11.4. The Hall–Kier alpha value is -1.01. The Labute approximate surface area is 79.1 Å². The molecule has 1 aliphatic heterocycles. The number of ether oxygens (including phenoxy) is 1. The first-order chi connectivity index (χ1) is 6.29. The minimum Gasteiger partial charge on any atom is -0.465 e. The number of rotatable bonds is 3. The third kappa shape index (κ3) is 2.46. The van der Waals surface area contributed by atoms with E-state index >= 15 is 0 Å². The zero-order valence-corrected chi connectivity index (χ0v) is 7.95. The fraction of sp³-hybridized carbons (Fsp3) is 0.700. The van der Waals surface area contributed by atoms with Gasteiger partial charge in [-0.05, 0) is 19.8 Å². The molecule has 0 N–H and O–H groups in total. The third-order valence-electron chi connectivity index (χ3n) is 2.22. The Balaban J connectivity index is 2.48. The number of esters is 1. The number of terminal acetylenes is 1. The Morgan fingerprint density at radius 3 is 3.15 bits per heavy atom. The summed E-state index contributed by atoms with van der Waals surface area (Å²) in [5.41, 5.74) is 0. The molecule has 0 aliphatic carbocycles. The SMILES string of the molecule is C#CCN1CCCC1C(=O)OCC. The van der Waals surface area contributed by atoms with Crippen LogP contribution < -0.4 is 0 Å². The van der Waals surface area contributed by atoms with Gasteiger partial charge < -0.3 is 4.74 Å². The first-order valence-electron chi connectivity index (χ1n) is 4.63. The molecule has 0 saturated carbocycles. The minimum absolute atomic E-state index is 0.101. The van der Waals surface area contributed by atoms with Gasteiger partial charge in [-0.3, -0.25) is 9.69 Å². The molecular weight excluding hydrogens is 166 g/mol. The summed E-state index contributed by atoms with van der Waals surface area (Å²) < 4.78 is 4.95. The van der Waals surface area contributed by atoms with E-state index in [0.717, 1.165) is 19.4 Å². The molecule has 1 rings (SSSR count). The summed E-state index contributed by atoms with van der Waals surface area (Å²) in [7, 11) is 0. The highest BCUT2D eigenvalue weighted by Crippen LogP contribution is 2.17. The lowest BCUT2D eigenvalue weighted by molar-refractivity contribution is -0.148. The highest BCUT2D eigenvalue weighted by Gasteiger charge is 2.30.